The van der Waals surface area contributed by atoms with Gasteiger partial charge in [-0.2, -0.15) is 30.7 Å². The van der Waals surface area contributed by atoms with Crippen molar-refractivity contribution in [3.8, 4) is 0 Å². The maximum absolute atomic E-state index is 12.5. The summed E-state index contributed by atoms with van der Waals surface area (Å²) in [7, 11) is 0. The highest BCUT2D eigenvalue weighted by atomic mass is 19.3. The van der Waals surface area contributed by atoms with E-state index in [-0.39, 0.29) is 63.4 Å². The molecular weight excluding hydrogens is 833 g/mol. The molecule has 0 aliphatic heterocycles. The van der Waals surface area contributed by atoms with Gasteiger partial charge in [0, 0.05) is 56.9 Å². The van der Waals surface area contributed by atoms with Crippen LogP contribution in [0, 0.1) is 0 Å². The predicted molar refractivity (Wildman–Crippen MR) is 191 cm³/mol. The van der Waals surface area contributed by atoms with Gasteiger partial charge < -0.3 is 51.6 Å². The van der Waals surface area contributed by atoms with Gasteiger partial charge in [-0.05, 0) is 45.1 Å². The molecule has 0 aromatic heterocycles. The highest BCUT2D eigenvalue weighted by Crippen LogP contribution is 2.33. The minimum Gasteiger partial charge on any atom is -0.403 e. The average Bonchev–Trinajstić information content (AvgIpc) is 3.11. The quantitative estimate of drug-likeness (QED) is 0.0954. The molecule has 0 amide bonds. The van der Waals surface area contributed by atoms with Gasteiger partial charge in [-0.15, -0.1) is 0 Å². The molecule has 58 heavy (non-hydrogen) atoms. The Morgan fingerprint density at radius 1 is 0.603 bits per heavy atom. The first-order valence-electron chi connectivity index (χ1n) is 16.4. The fourth-order valence-corrected chi connectivity index (χ4v) is 3.47. The Balaban J connectivity index is -0.000000133. The molecule has 3 aliphatic carbocycles. The van der Waals surface area contributed by atoms with E-state index in [0.717, 1.165) is 19.0 Å². The van der Waals surface area contributed by atoms with Crippen LogP contribution in [0.25, 0.3) is 0 Å². The Morgan fingerprint density at radius 2 is 1.00 bits per heavy atom. The standard InChI is InChI=1S/3C6H11F2N.C3H4F3N.C3H6FN.C2H2F3N.C2H3F2N.2C2H4FN/c7-6(8)3-1-5(9)2-4-6;7-6(8)3-1-2-5(9)4-6;7-6(8)4-2-1-3-5(6)9;4-2(1-7)3(5)6;1-3(4)2-5;3-1(4)2(5)6;3-1-2(4)5;1-2(3)4;3-1-2-4/h3*5H,1-4,9H2;1,7H2;1-2,5H2;6H2;1H,5H2;1,4H2;1-2H,4H2. The molecule has 0 aromatic rings. The van der Waals surface area contributed by atoms with Crippen LogP contribution in [0.5, 0.6) is 0 Å². The molecule has 9 nitrogen and oxygen atoms in total. The van der Waals surface area contributed by atoms with E-state index in [1.807, 2.05) is 0 Å². The molecule has 0 saturated heterocycles. The Morgan fingerprint density at radius 3 is 1.16 bits per heavy atom. The van der Waals surface area contributed by atoms with Gasteiger partial charge in [0.15, 0.2) is 11.8 Å². The fraction of sp³-hybridized carbons (Fsp3) is 0.625. The van der Waals surface area contributed by atoms with Gasteiger partial charge in [-0.1, -0.05) is 13.0 Å². The molecule has 0 bridgehead atoms. The van der Waals surface area contributed by atoms with E-state index >= 15 is 0 Å². The Kier molecular flexibility index (Phi) is 44.1. The number of rotatable bonds is 2. The van der Waals surface area contributed by atoms with Crippen LogP contribution in [-0.4, -0.2) is 49.0 Å². The topological polar surface area (TPSA) is 234 Å². The zero-order chi connectivity index (χ0) is 47.3. The molecule has 0 radical (unpaired) electrons. The first-order valence-corrected chi connectivity index (χ1v) is 16.4. The second-order valence-corrected chi connectivity index (χ2v) is 11.5. The molecule has 3 saturated carbocycles. The molecule has 3 fully saturated rings. The lowest BCUT2D eigenvalue weighted by Crippen LogP contribution is -2.43. The van der Waals surface area contributed by atoms with Crippen molar-refractivity contribution in [2.75, 3.05) is 13.1 Å². The third-order valence-electron chi connectivity index (χ3n) is 6.22. The summed E-state index contributed by atoms with van der Waals surface area (Å²) in [5.41, 5.74) is 41.8. The van der Waals surface area contributed by atoms with Crippen LogP contribution in [0.1, 0.15) is 77.0 Å². The molecule has 2 atom stereocenters. The summed E-state index contributed by atoms with van der Waals surface area (Å²) >= 11 is 0. The summed E-state index contributed by atoms with van der Waals surface area (Å²) in [6.45, 7) is 4.77. The smallest absolute Gasteiger partial charge is 0.322 e. The second-order valence-electron chi connectivity index (χ2n) is 11.5. The number of nitrogens with two attached hydrogens (primary N) is 9. The van der Waals surface area contributed by atoms with Crippen molar-refractivity contribution >= 4 is 0 Å². The molecule has 26 heteroatoms. The minimum atomic E-state index is -2.59. The van der Waals surface area contributed by atoms with Crippen molar-refractivity contribution in [2.45, 2.75) is 113 Å². The molecule has 0 heterocycles. The Bertz CT molecular complexity index is 1130. The third-order valence-corrected chi connectivity index (χ3v) is 6.22. The number of halogens is 17. The van der Waals surface area contributed by atoms with Gasteiger partial charge in [-0.25, -0.2) is 43.9 Å². The van der Waals surface area contributed by atoms with E-state index in [0.29, 0.717) is 32.1 Å². The summed E-state index contributed by atoms with van der Waals surface area (Å²) in [4.78, 5) is 0. The number of alkyl halides is 6. The number of hydrogen-bond donors (Lipinski definition) is 9. The van der Waals surface area contributed by atoms with Crippen molar-refractivity contribution in [2.24, 2.45) is 51.6 Å². The zero-order valence-electron chi connectivity index (χ0n) is 31.4. The first-order chi connectivity index (χ1) is 26.3. The summed E-state index contributed by atoms with van der Waals surface area (Å²) in [6.07, 6.45) is 0.121. The van der Waals surface area contributed by atoms with E-state index < -0.39 is 72.0 Å². The summed E-state index contributed by atoms with van der Waals surface area (Å²) < 4.78 is 192. The lowest BCUT2D eigenvalue weighted by molar-refractivity contribution is -0.0515. The van der Waals surface area contributed by atoms with Gasteiger partial charge in [0.05, 0.1) is 12.6 Å². The van der Waals surface area contributed by atoms with Crippen LogP contribution in [0.4, 0.5) is 74.6 Å². The largest absolute Gasteiger partial charge is 0.403 e. The molecule has 3 rings (SSSR count). The van der Waals surface area contributed by atoms with E-state index in [4.69, 9.17) is 22.9 Å². The molecule has 3 aliphatic rings. The molecule has 18 N–H and O–H groups in total. The van der Waals surface area contributed by atoms with Gasteiger partial charge in [0.25, 0.3) is 5.92 Å². The number of hydrogen-bond acceptors (Lipinski definition) is 9. The van der Waals surface area contributed by atoms with Gasteiger partial charge in [-0.3, -0.25) is 0 Å². The SMILES string of the molecule is C=C(F)CN.C=C(N)F.NC(F)=C(F)F.NC(F)=CF.NC1CCC(F)(F)CC1.NC1CCCC(F)(F)C1.NC1CCCCC1(F)F.NC=CF.NCC(F)=C(F)F. The zero-order valence-corrected chi connectivity index (χ0v) is 31.4. The van der Waals surface area contributed by atoms with Crippen molar-refractivity contribution in [1.82, 2.24) is 0 Å². The van der Waals surface area contributed by atoms with Gasteiger partial charge >= 0.3 is 12.2 Å². The Labute approximate surface area is 326 Å². The minimum absolute atomic E-state index is 0.0182. The lowest BCUT2D eigenvalue weighted by Gasteiger charge is -2.27. The second kappa shape index (κ2) is 38.8. The maximum atomic E-state index is 12.5. The summed E-state index contributed by atoms with van der Waals surface area (Å²) in [5.74, 6) is -13.5. The van der Waals surface area contributed by atoms with E-state index in [1.54, 1.807) is 0 Å². The van der Waals surface area contributed by atoms with Crippen LogP contribution < -0.4 is 51.6 Å². The normalized spacial score (nSPS) is 19.7. The fourth-order valence-electron chi connectivity index (χ4n) is 3.47. The highest BCUT2D eigenvalue weighted by molar-refractivity contribution is 4.92. The van der Waals surface area contributed by atoms with Crippen molar-refractivity contribution in [3.05, 3.63) is 73.7 Å². The van der Waals surface area contributed by atoms with Crippen LogP contribution in [0.2, 0.25) is 0 Å². The molecule has 0 aromatic carbocycles. The van der Waals surface area contributed by atoms with Crippen molar-refractivity contribution in [1.29, 1.82) is 0 Å². The van der Waals surface area contributed by atoms with Crippen molar-refractivity contribution in [3.63, 3.8) is 0 Å². The monoisotopic (exact) mass is 889 g/mol. The van der Waals surface area contributed by atoms with Crippen LogP contribution >= 0.6 is 0 Å². The maximum Gasteiger partial charge on any atom is 0.322 e. The summed E-state index contributed by atoms with van der Waals surface area (Å²) in [5, 5.41) is 0. The molecule has 2 unspecified atom stereocenters. The Hall–Kier alpha value is -3.75. The van der Waals surface area contributed by atoms with E-state index in [2.05, 4.69) is 41.8 Å². The van der Waals surface area contributed by atoms with Crippen LogP contribution in [0.3, 0.4) is 0 Å². The summed E-state index contributed by atoms with van der Waals surface area (Å²) in [6, 6.07) is -1.13. The van der Waals surface area contributed by atoms with Crippen LogP contribution in [0.15, 0.2) is 73.7 Å². The average molecular weight is 890 g/mol. The molecular formula is C32H56F17N9. The van der Waals surface area contributed by atoms with E-state index in [9.17, 15) is 74.6 Å². The lowest BCUT2D eigenvalue weighted by atomic mass is 9.92. The van der Waals surface area contributed by atoms with Crippen LogP contribution in [-0.2, 0) is 0 Å². The first kappa shape index (κ1) is 66.1. The van der Waals surface area contributed by atoms with Gasteiger partial charge in [0.1, 0.15) is 18.5 Å². The predicted octanol–water partition coefficient (Wildman–Crippen LogP) is 8.45. The van der Waals surface area contributed by atoms with Crippen molar-refractivity contribution < 1.29 is 74.6 Å². The van der Waals surface area contributed by atoms with Gasteiger partial charge in [0.2, 0.25) is 23.7 Å². The molecule has 348 valence electrons. The highest BCUT2D eigenvalue weighted by Gasteiger charge is 2.38. The van der Waals surface area contributed by atoms with E-state index in [1.165, 1.54) is 0 Å². The molecule has 0 spiro atoms. The third kappa shape index (κ3) is 56.6.